The molecule has 1 amide bonds. The second kappa shape index (κ2) is 5.93. The van der Waals surface area contributed by atoms with Crippen LogP contribution in [0.25, 0.3) is 0 Å². The summed E-state index contributed by atoms with van der Waals surface area (Å²) in [5.74, 6) is -0.0729. The minimum atomic E-state index is -0.136. The summed E-state index contributed by atoms with van der Waals surface area (Å²) in [4.78, 5) is 12.8. The summed E-state index contributed by atoms with van der Waals surface area (Å²) in [6.07, 6.45) is 0. The van der Waals surface area contributed by atoms with E-state index in [9.17, 15) is 4.79 Å². The van der Waals surface area contributed by atoms with E-state index in [0.29, 0.717) is 6.54 Å². The molecule has 1 aliphatic rings. The molecular formula is C19H22N2O. The highest BCUT2D eigenvalue weighted by Crippen LogP contribution is 2.28. The average Bonchev–Trinajstić information content (AvgIpc) is 2.52. The lowest BCUT2D eigenvalue weighted by Crippen LogP contribution is -2.36. The van der Waals surface area contributed by atoms with Crippen molar-refractivity contribution in [2.24, 2.45) is 0 Å². The van der Waals surface area contributed by atoms with Crippen LogP contribution in [-0.2, 0) is 11.3 Å². The monoisotopic (exact) mass is 294 g/mol. The average molecular weight is 294 g/mol. The van der Waals surface area contributed by atoms with E-state index in [-0.39, 0.29) is 11.8 Å². The van der Waals surface area contributed by atoms with Gasteiger partial charge in [-0.2, -0.15) is 0 Å². The van der Waals surface area contributed by atoms with Crippen molar-refractivity contribution in [3.63, 3.8) is 0 Å². The predicted molar refractivity (Wildman–Crippen MR) is 90.2 cm³/mol. The van der Waals surface area contributed by atoms with Crippen molar-refractivity contribution < 1.29 is 4.79 Å². The lowest BCUT2D eigenvalue weighted by molar-refractivity contribution is -0.117. The number of anilines is 1. The molecule has 114 valence electrons. The molecule has 0 saturated carbocycles. The summed E-state index contributed by atoms with van der Waals surface area (Å²) in [5, 5.41) is 6.47. The molecule has 0 spiro atoms. The van der Waals surface area contributed by atoms with Gasteiger partial charge < -0.3 is 10.6 Å². The number of hydrogen-bond acceptors (Lipinski definition) is 2. The van der Waals surface area contributed by atoms with Crippen LogP contribution in [-0.4, -0.2) is 12.5 Å². The van der Waals surface area contributed by atoms with Gasteiger partial charge in [0.15, 0.2) is 0 Å². The fourth-order valence-corrected chi connectivity index (χ4v) is 3.08. The van der Waals surface area contributed by atoms with Gasteiger partial charge in [-0.1, -0.05) is 30.3 Å². The number of carbonyl (C=O) groups is 1. The maximum Gasteiger partial charge on any atom is 0.233 e. The Balaban J connectivity index is 1.88. The third-order valence-electron chi connectivity index (χ3n) is 4.65. The fourth-order valence-electron chi connectivity index (χ4n) is 3.08. The number of carbonyl (C=O) groups excluding carboxylic acids is 1. The number of fused-ring (bicyclic) bond motifs is 1. The second-order valence-corrected chi connectivity index (χ2v) is 6.06. The first-order valence-corrected chi connectivity index (χ1v) is 7.74. The molecule has 0 bridgehead atoms. The van der Waals surface area contributed by atoms with Gasteiger partial charge in [-0.3, -0.25) is 4.79 Å². The molecule has 0 aromatic heterocycles. The highest BCUT2D eigenvalue weighted by atomic mass is 16.1. The minimum Gasteiger partial charge on any atom is -0.325 e. The molecule has 22 heavy (non-hydrogen) atoms. The van der Waals surface area contributed by atoms with Gasteiger partial charge in [0.2, 0.25) is 5.91 Å². The number of benzene rings is 2. The number of aryl methyl sites for hydroxylation is 2. The Bertz CT molecular complexity index is 721. The third-order valence-corrected chi connectivity index (χ3v) is 4.65. The van der Waals surface area contributed by atoms with E-state index in [1.54, 1.807) is 0 Å². The van der Waals surface area contributed by atoms with Crippen molar-refractivity contribution in [1.29, 1.82) is 0 Å². The van der Waals surface area contributed by atoms with E-state index >= 15 is 0 Å². The summed E-state index contributed by atoms with van der Waals surface area (Å²) in [5.41, 5.74) is 6.88. The van der Waals surface area contributed by atoms with E-state index in [1.807, 2.05) is 25.1 Å². The predicted octanol–water partition coefficient (Wildman–Crippen LogP) is 3.44. The Labute approximate surface area is 131 Å². The molecule has 1 aliphatic heterocycles. The molecule has 1 heterocycles. The SMILES string of the molecule is Cc1cccc(NC(=O)C2CNCc3c(C)cccc32)c1C. The first kappa shape index (κ1) is 14.8. The highest BCUT2D eigenvalue weighted by Gasteiger charge is 2.27. The first-order valence-electron chi connectivity index (χ1n) is 7.74. The molecule has 0 aliphatic carbocycles. The van der Waals surface area contributed by atoms with E-state index in [4.69, 9.17) is 0 Å². The Morgan fingerprint density at radius 1 is 1.09 bits per heavy atom. The van der Waals surface area contributed by atoms with Crippen LogP contribution in [0.1, 0.15) is 33.7 Å². The van der Waals surface area contributed by atoms with Gasteiger partial charge in [0.05, 0.1) is 5.92 Å². The summed E-state index contributed by atoms with van der Waals surface area (Å²) in [6.45, 7) is 7.74. The topological polar surface area (TPSA) is 41.1 Å². The van der Waals surface area contributed by atoms with Gasteiger partial charge in [0.1, 0.15) is 0 Å². The number of hydrogen-bond donors (Lipinski definition) is 2. The lowest BCUT2D eigenvalue weighted by atomic mass is 9.87. The van der Waals surface area contributed by atoms with Gasteiger partial charge in [-0.05, 0) is 54.7 Å². The maximum absolute atomic E-state index is 12.8. The van der Waals surface area contributed by atoms with E-state index in [1.165, 1.54) is 16.7 Å². The first-order chi connectivity index (χ1) is 10.6. The van der Waals surface area contributed by atoms with Crippen LogP contribution in [0.4, 0.5) is 5.69 Å². The Morgan fingerprint density at radius 2 is 1.82 bits per heavy atom. The van der Waals surface area contributed by atoms with Crippen LogP contribution in [0.5, 0.6) is 0 Å². The van der Waals surface area contributed by atoms with Gasteiger partial charge in [-0.25, -0.2) is 0 Å². The second-order valence-electron chi connectivity index (χ2n) is 6.06. The summed E-state index contributed by atoms with van der Waals surface area (Å²) < 4.78 is 0. The van der Waals surface area contributed by atoms with Gasteiger partial charge in [0, 0.05) is 18.8 Å². The standard InChI is InChI=1S/C19H22N2O/c1-12-6-5-9-18(14(12)3)21-19(22)17-11-20-10-16-13(2)7-4-8-15(16)17/h4-9,17,20H,10-11H2,1-3H3,(H,21,22). The molecule has 2 aromatic rings. The van der Waals surface area contributed by atoms with Crippen LogP contribution < -0.4 is 10.6 Å². The number of nitrogens with one attached hydrogen (secondary N) is 2. The van der Waals surface area contributed by atoms with Crippen LogP contribution in [0, 0.1) is 20.8 Å². The molecule has 3 heteroatoms. The van der Waals surface area contributed by atoms with Crippen LogP contribution in [0.2, 0.25) is 0 Å². The van der Waals surface area contributed by atoms with Crippen LogP contribution in [0.3, 0.4) is 0 Å². The quantitative estimate of drug-likeness (QED) is 0.891. The van der Waals surface area contributed by atoms with Crippen molar-refractivity contribution in [2.75, 3.05) is 11.9 Å². The van der Waals surface area contributed by atoms with Gasteiger partial charge in [0.25, 0.3) is 0 Å². The summed E-state index contributed by atoms with van der Waals surface area (Å²) in [6, 6.07) is 12.2. The normalized spacial score (nSPS) is 17.0. The Hall–Kier alpha value is -2.13. The zero-order valence-corrected chi connectivity index (χ0v) is 13.4. The molecule has 1 unspecified atom stereocenters. The van der Waals surface area contributed by atoms with Crippen molar-refractivity contribution >= 4 is 11.6 Å². The minimum absolute atomic E-state index is 0.0627. The number of amides is 1. The van der Waals surface area contributed by atoms with E-state index in [2.05, 4.69) is 42.7 Å². The highest BCUT2D eigenvalue weighted by molar-refractivity contribution is 5.97. The van der Waals surface area contributed by atoms with Crippen molar-refractivity contribution in [3.05, 3.63) is 64.2 Å². The van der Waals surface area contributed by atoms with Crippen LogP contribution in [0.15, 0.2) is 36.4 Å². The smallest absolute Gasteiger partial charge is 0.233 e. The molecule has 3 rings (SSSR count). The third kappa shape index (κ3) is 2.64. The van der Waals surface area contributed by atoms with Crippen molar-refractivity contribution in [2.45, 2.75) is 33.2 Å². The fraction of sp³-hybridized carbons (Fsp3) is 0.316. The largest absolute Gasteiger partial charge is 0.325 e. The molecule has 0 saturated heterocycles. The number of rotatable bonds is 2. The van der Waals surface area contributed by atoms with E-state index < -0.39 is 0 Å². The zero-order valence-electron chi connectivity index (χ0n) is 13.4. The Morgan fingerprint density at radius 3 is 2.64 bits per heavy atom. The Kier molecular flexibility index (Phi) is 3.99. The summed E-state index contributed by atoms with van der Waals surface area (Å²) >= 11 is 0. The van der Waals surface area contributed by atoms with Gasteiger partial charge in [-0.15, -0.1) is 0 Å². The van der Waals surface area contributed by atoms with E-state index in [0.717, 1.165) is 23.4 Å². The summed E-state index contributed by atoms with van der Waals surface area (Å²) in [7, 11) is 0. The molecule has 2 aromatic carbocycles. The van der Waals surface area contributed by atoms with Gasteiger partial charge >= 0.3 is 0 Å². The maximum atomic E-state index is 12.8. The molecule has 0 fully saturated rings. The lowest BCUT2D eigenvalue weighted by Gasteiger charge is -2.27. The van der Waals surface area contributed by atoms with Crippen LogP contribution >= 0.6 is 0 Å². The zero-order chi connectivity index (χ0) is 15.7. The molecule has 1 atom stereocenters. The van der Waals surface area contributed by atoms with Crippen molar-refractivity contribution in [3.8, 4) is 0 Å². The van der Waals surface area contributed by atoms with Crippen molar-refractivity contribution in [1.82, 2.24) is 5.32 Å². The molecule has 3 nitrogen and oxygen atoms in total. The molecule has 0 radical (unpaired) electrons. The molecular weight excluding hydrogens is 272 g/mol. The molecule has 2 N–H and O–H groups in total.